The van der Waals surface area contributed by atoms with Gasteiger partial charge in [-0.25, -0.2) is 0 Å². The first kappa shape index (κ1) is 28.5. The summed E-state index contributed by atoms with van der Waals surface area (Å²) in [5.41, 5.74) is 4.78. The van der Waals surface area contributed by atoms with Crippen molar-refractivity contribution < 1.29 is 18.9 Å². The minimum atomic E-state index is -0.448. The summed E-state index contributed by atoms with van der Waals surface area (Å²) in [7, 11) is 10.4. The monoisotopic (exact) mass is 424 g/mol. The first-order valence-electron chi connectivity index (χ1n) is 10.6. The molecule has 0 saturated heterocycles. The molecule has 30 heavy (non-hydrogen) atoms. The largest absolute Gasteiger partial charge is 0.352 e. The van der Waals surface area contributed by atoms with E-state index in [1.165, 1.54) is 11.1 Å². The lowest BCUT2D eigenvalue weighted by Gasteiger charge is -2.19. The van der Waals surface area contributed by atoms with Gasteiger partial charge in [0.25, 0.3) is 0 Å². The molecule has 0 bridgehead atoms. The molecule has 0 aromatic heterocycles. The summed E-state index contributed by atoms with van der Waals surface area (Å²) in [6.07, 6.45) is 11.6. The number of ether oxygens (including phenoxy) is 4. The van der Waals surface area contributed by atoms with Gasteiger partial charge < -0.3 is 24.0 Å². The second-order valence-electron chi connectivity index (χ2n) is 7.77. The molecule has 0 aliphatic carbocycles. The van der Waals surface area contributed by atoms with Crippen molar-refractivity contribution in [1.82, 2.24) is 5.01 Å². The second-order valence-corrected chi connectivity index (χ2v) is 7.77. The first-order chi connectivity index (χ1) is 14.3. The quantitative estimate of drug-likeness (QED) is 0.145. The van der Waals surface area contributed by atoms with Crippen molar-refractivity contribution in [3.05, 3.63) is 34.9 Å². The van der Waals surface area contributed by atoms with Crippen LogP contribution in [0.1, 0.15) is 59.3 Å². The summed E-state index contributed by atoms with van der Waals surface area (Å²) >= 11 is 0. The Kier molecular flexibility index (Phi) is 16.4. The van der Waals surface area contributed by atoms with E-state index in [-0.39, 0.29) is 6.29 Å². The zero-order valence-corrected chi connectivity index (χ0v) is 20.7. The highest BCUT2D eigenvalue weighted by Crippen LogP contribution is 2.18. The lowest BCUT2D eigenvalue weighted by Crippen LogP contribution is -2.27. The van der Waals surface area contributed by atoms with E-state index in [0.29, 0.717) is 0 Å². The third-order valence-corrected chi connectivity index (χ3v) is 4.58. The van der Waals surface area contributed by atoms with Crippen LogP contribution in [-0.2, 0) is 18.9 Å². The molecule has 0 spiro atoms. The summed E-state index contributed by atoms with van der Waals surface area (Å²) < 4.78 is 21.8. The van der Waals surface area contributed by atoms with Crippen LogP contribution >= 0.6 is 0 Å². The average molecular weight is 425 g/mol. The Morgan fingerprint density at radius 3 is 1.77 bits per heavy atom. The molecule has 0 saturated carbocycles. The molecule has 6 nitrogen and oxygen atoms in total. The minimum Gasteiger partial charge on any atom is -0.352 e. The van der Waals surface area contributed by atoms with E-state index < -0.39 is 6.29 Å². The lowest BCUT2D eigenvalue weighted by atomic mass is 10.0. The van der Waals surface area contributed by atoms with Gasteiger partial charge in [-0.15, -0.1) is 0 Å². The Hall–Kier alpha value is -1.47. The predicted octanol–water partition coefficient (Wildman–Crippen LogP) is 5.32. The van der Waals surface area contributed by atoms with Crippen molar-refractivity contribution in [2.75, 3.05) is 42.5 Å². The van der Waals surface area contributed by atoms with Gasteiger partial charge in [0.15, 0.2) is 12.6 Å². The molecule has 0 unspecified atom stereocenters. The molecule has 0 amide bonds. The molecule has 0 rings (SSSR count). The molecule has 0 aromatic carbocycles. The third kappa shape index (κ3) is 13.0. The molecule has 174 valence electrons. The molecular weight excluding hydrogens is 380 g/mol. The van der Waals surface area contributed by atoms with Gasteiger partial charge >= 0.3 is 0 Å². The number of methoxy groups -OCH3 is 4. The number of nitrogens with zero attached hydrogens (tertiary/aromatic N) is 2. The third-order valence-electron chi connectivity index (χ3n) is 4.58. The van der Waals surface area contributed by atoms with E-state index in [0.717, 1.165) is 49.8 Å². The summed E-state index contributed by atoms with van der Waals surface area (Å²) in [5.74, 6) is 0. The van der Waals surface area contributed by atoms with Crippen LogP contribution < -0.4 is 0 Å². The number of hydrogen-bond acceptors (Lipinski definition) is 6. The number of hydrogen-bond donors (Lipinski definition) is 0. The Balaban J connectivity index is 5.07. The fourth-order valence-electron chi connectivity index (χ4n) is 3.14. The number of rotatable bonds is 16. The second kappa shape index (κ2) is 17.2. The molecule has 0 atom stereocenters. The highest BCUT2D eigenvalue weighted by molar-refractivity contribution is 5.87. The zero-order valence-electron chi connectivity index (χ0n) is 20.7. The van der Waals surface area contributed by atoms with Gasteiger partial charge in [0.2, 0.25) is 0 Å². The van der Waals surface area contributed by atoms with Gasteiger partial charge in [0.1, 0.15) is 0 Å². The number of hydrazone groups is 1. The molecule has 6 heteroatoms. The van der Waals surface area contributed by atoms with E-state index in [9.17, 15) is 0 Å². The van der Waals surface area contributed by atoms with Gasteiger partial charge in [0.05, 0.1) is 5.71 Å². The van der Waals surface area contributed by atoms with E-state index in [1.807, 2.05) is 14.1 Å². The van der Waals surface area contributed by atoms with Crippen LogP contribution in [0.4, 0.5) is 0 Å². The van der Waals surface area contributed by atoms with Crippen molar-refractivity contribution in [2.24, 2.45) is 5.10 Å². The molecule has 0 fully saturated rings. The van der Waals surface area contributed by atoms with Crippen molar-refractivity contribution >= 4 is 5.71 Å². The summed E-state index contributed by atoms with van der Waals surface area (Å²) in [6, 6.07) is 0. The van der Waals surface area contributed by atoms with Crippen LogP contribution in [0.3, 0.4) is 0 Å². The van der Waals surface area contributed by atoms with Crippen LogP contribution in [-0.4, -0.2) is 65.8 Å². The molecule has 0 N–H and O–H groups in total. The molecule has 0 aliphatic heterocycles. The van der Waals surface area contributed by atoms with Crippen LogP contribution in [0.25, 0.3) is 0 Å². The molecule has 0 radical (unpaired) electrons. The first-order valence-corrected chi connectivity index (χ1v) is 10.6. The van der Waals surface area contributed by atoms with Crippen LogP contribution in [0.5, 0.6) is 0 Å². The van der Waals surface area contributed by atoms with E-state index in [4.69, 9.17) is 18.9 Å². The Morgan fingerprint density at radius 1 is 0.733 bits per heavy atom. The zero-order chi connectivity index (χ0) is 22.9. The van der Waals surface area contributed by atoms with Crippen molar-refractivity contribution in [1.29, 1.82) is 0 Å². The van der Waals surface area contributed by atoms with Crippen LogP contribution in [0.15, 0.2) is 40.0 Å². The summed E-state index contributed by atoms with van der Waals surface area (Å²) in [5, 5.41) is 6.29. The van der Waals surface area contributed by atoms with Crippen LogP contribution in [0, 0.1) is 0 Å². The Morgan fingerprint density at radius 2 is 1.27 bits per heavy atom. The van der Waals surface area contributed by atoms with E-state index in [1.54, 1.807) is 33.4 Å². The fraction of sp³-hybridized carbons (Fsp3) is 0.708. The molecule has 0 aromatic rings. The smallest absolute Gasteiger partial charge is 0.198 e. The fourth-order valence-corrected chi connectivity index (χ4v) is 3.14. The molecular formula is C24H44N2O4. The predicted molar refractivity (Wildman–Crippen MR) is 126 cm³/mol. The highest BCUT2D eigenvalue weighted by Gasteiger charge is 2.16. The van der Waals surface area contributed by atoms with Crippen molar-refractivity contribution in [2.45, 2.75) is 71.9 Å². The van der Waals surface area contributed by atoms with Gasteiger partial charge in [-0.2, -0.15) is 5.10 Å². The topological polar surface area (TPSA) is 52.5 Å². The molecule has 0 heterocycles. The molecule has 0 aliphatic rings. The lowest BCUT2D eigenvalue weighted by molar-refractivity contribution is -0.0767. The van der Waals surface area contributed by atoms with Gasteiger partial charge in [-0.1, -0.05) is 29.4 Å². The van der Waals surface area contributed by atoms with Crippen molar-refractivity contribution in [3.8, 4) is 0 Å². The highest BCUT2D eigenvalue weighted by atomic mass is 16.7. The number of allylic oxidation sites excluding steroid dienone is 5. The maximum Gasteiger partial charge on any atom is 0.198 e. The Labute approximate surface area is 184 Å². The van der Waals surface area contributed by atoms with Crippen LogP contribution in [0.2, 0.25) is 0 Å². The maximum absolute atomic E-state index is 5.52. The normalized spacial score (nSPS) is 13.4. The van der Waals surface area contributed by atoms with Gasteiger partial charge in [0, 0.05) is 42.5 Å². The van der Waals surface area contributed by atoms with E-state index in [2.05, 4.69) is 44.1 Å². The summed E-state index contributed by atoms with van der Waals surface area (Å²) in [6.45, 7) is 6.48. The standard InChI is InChI=1S/C24H44N2O4/c1-19(2)13-10-14-20(3)15-11-16-21(23(27-6)28-7)17-12-18-22(25-26(4)5)24(29-8)30-9/h13,15,17,23-24H,10-12,14,16,18H2,1-9H3/b20-15+,21-17+,25-22+. The summed E-state index contributed by atoms with van der Waals surface area (Å²) in [4.78, 5) is 0. The van der Waals surface area contributed by atoms with Gasteiger partial charge in [-0.3, -0.25) is 0 Å². The van der Waals surface area contributed by atoms with Crippen molar-refractivity contribution in [3.63, 3.8) is 0 Å². The Bertz CT molecular complexity index is 568. The SMILES string of the molecule is COC(OC)/C(=C/CC/C(=N\N(C)C)C(OC)OC)CC/C=C(\C)CCC=C(C)C. The maximum atomic E-state index is 5.52. The minimum absolute atomic E-state index is 0.334. The van der Waals surface area contributed by atoms with E-state index >= 15 is 0 Å². The van der Waals surface area contributed by atoms with Gasteiger partial charge in [-0.05, 0) is 64.9 Å². The average Bonchev–Trinajstić information content (AvgIpc) is 2.68.